The average molecular weight is 334 g/mol. The summed E-state index contributed by atoms with van der Waals surface area (Å²) in [5.74, 6) is 0.641. The Labute approximate surface area is 147 Å². The summed E-state index contributed by atoms with van der Waals surface area (Å²) in [6.45, 7) is 4.56. The van der Waals surface area contributed by atoms with Crippen molar-refractivity contribution in [3.05, 3.63) is 71.4 Å². The monoisotopic (exact) mass is 334 g/mol. The lowest BCUT2D eigenvalue weighted by atomic mass is 10.1. The molecule has 0 fully saturated rings. The Kier molecular flexibility index (Phi) is 5.29. The van der Waals surface area contributed by atoms with Crippen LogP contribution in [-0.4, -0.2) is 24.0 Å². The van der Waals surface area contributed by atoms with Crippen molar-refractivity contribution in [2.24, 2.45) is 0 Å². The third-order valence-corrected chi connectivity index (χ3v) is 4.14. The van der Waals surface area contributed by atoms with E-state index in [0.717, 1.165) is 39.8 Å². The van der Waals surface area contributed by atoms with E-state index in [0.29, 0.717) is 6.54 Å². The molecule has 0 bridgehead atoms. The van der Waals surface area contributed by atoms with Crippen LogP contribution < -0.4 is 10.1 Å². The minimum atomic E-state index is -0.117. The zero-order valence-electron chi connectivity index (χ0n) is 14.6. The summed E-state index contributed by atoms with van der Waals surface area (Å²) in [5.41, 5.74) is 4.27. The van der Waals surface area contributed by atoms with Crippen molar-refractivity contribution in [2.45, 2.75) is 20.3 Å². The number of hydrogen-bond donors (Lipinski definition) is 1. The Hall–Kier alpha value is -2.88. The van der Waals surface area contributed by atoms with Gasteiger partial charge in [0.1, 0.15) is 5.75 Å². The highest BCUT2D eigenvalue weighted by molar-refractivity contribution is 5.81. The molecule has 128 valence electrons. The number of nitrogens with zero attached hydrogens (tertiary/aromatic N) is 1. The number of ether oxygens (including phenoxy) is 1. The first-order chi connectivity index (χ1) is 12.1. The van der Waals surface area contributed by atoms with E-state index in [-0.39, 0.29) is 12.5 Å². The standard InChI is InChI=1S/C21H22N2O2/c1-15-8-9-16(2)19(13-15)25-14-20(24)22-12-10-18-6-3-5-17-7-4-11-23-21(17)18/h3-9,11,13H,10,12,14H2,1-2H3,(H,22,24). The number of pyridine rings is 1. The van der Waals surface area contributed by atoms with Gasteiger partial charge in [-0.05, 0) is 49.1 Å². The normalized spacial score (nSPS) is 10.6. The van der Waals surface area contributed by atoms with Gasteiger partial charge in [-0.15, -0.1) is 0 Å². The molecule has 4 heteroatoms. The quantitative estimate of drug-likeness (QED) is 0.749. The molecule has 0 aliphatic carbocycles. The van der Waals surface area contributed by atoms with Gasteiger partial charge in [-0.1, -0.05) is 36.4 Å². The molecule has 1 N–H and O–H groups in total. The molecule has 2 aromatic carbocycles. The molecule has 1 aromatic heterocycles. The van der Waals surface area contributed by atoms with Crippen molar-refractivity contribution in [3.63, 3.8) is 0 Å². The number of hydrogen-bond acceptors (Lipinski definition) is 3. The molecule has 0 aliphatic heterocycles. The predicted octanol–water partition coefficient (Wildman–Crippen LogP) is 3.59. The minimum absolute atomic E-state index is 0.0259. The molecule has 0 saturated heterocycles. The van der Waals surface area contributed by atoms with Gasteiger partial charge in [-0.2, -0.15) is 0 Å². The molecule has 3 rings (SSSR count). The number of aromatic nitrogens is 1. The van der Waals surface area contributed by atoms with Crippen molar-refractivity contribution < 1.29 is 9.53 Å². The molecular weight excluding hydrogens is 312 g/mol. The summed E-state index contributed by atoms with van der Waals surface area (Å²) in [5, 5.41) is 4.02. The van der Waals surface area contributed by atoms with E-state index in [9.17, 15) is 4.79 Å². The summed E-state index contributed by atoms with van der Waals surface area (Å²) in [6.07, 6.45) is 2.53. The molecule has 1 amide bonds. The maximum Gasteiger partial charge on any atom is 0.257 e. The third-order valence-electron chi connectivity index (χ3n) is 4.14. The molecule has 0 atom stereocenters. The fraction of sp³-hybridized carbons (Fsp3) is 0.238. The molecule has 0 aliphatic rings. The summed E-state index contributed by atoms with van der Waals surface area (Å²) in [7, 11) is 0. The lowest BCUT2D eigenvalue weighted by Crippen LogP contribution is -2.30. The Morgan fingerprint density at radius 2 is 1.96 bits per heavy atom. The van der Waals surface area contributed by atoms with Gasteiger partial charge >= 0.3 is 0 Å². The maximum absolute atomic E-state index is 12.0. The van der Waals surface area contributed by atoms with Crippen LogP contribution in [0.1, 0.15) is 16.7 Å². The van der Waals surface area contributed by atoms with Crippen LogP contribution >= 0.6 is 0 Å². The van der Waals surface area contributed by atoms with Gasteiger partial charge in [-0.3, -0.25) is 9.78 Å². The highest BCUT2D eigenvalue weighted by atomic mass is 16.5. The van der Waals surface area contributed by atoms with Crippen molar-refractivity contribution in [1.29, 1.82) is 0 Å². The average Bonchev–Trinajstić information content (AvgIpc) is 2.62. The van der Waals surface area contributed by atoms with Crippen LogP contribution in [0, 0.1) is 13.8 Å². The number of carbonyl (C=O) groups is 1. The van der Waals surface area contributed by atoms with E-state index in [1.807, 2.05) is 62.4 Å². The number of carbonyl (C=O) groups excluding carboxylic acids is 1. The predicted molar refractivity (Wildman–Crippen MR) is 99.9 cm³/mol. The number of rotatable bonds is 6. The largest absolute Gasteiger partial charge is 0.483 e. The van der Waals surface area contributed by atoms with Crippen LogP contribution in [-0.2, 0) is 11.2 Å². The van der Waals surface area contributed by atoms with Gasteiger partial charge in [-0.25, -0.2) is 0 Å². The molecule has 0 radical (unpaired) electrons. The van der Waals surface area contributed by atoms with Gasteiger partial charge in [0, 0.05) is 18.1 Å². The second-order valence-corrected chi connectivity index (χ2v) is 6.15. The van der Waals surface area contributed by atoms with Crippen molar-refractivity contribution in [3.8, 4) is 5.75 Å². The molecular formula is C21H22N2O2. The van der Waals surface area contributed by atoms with Crippen LogP contribution in [0.4, 0.5) is 0 Å². The van der Waals surface area contributed by atoms with Gasteiger partial charge in [0.25, 0.3) is 5.91 Å². The zero-order valence-corrected chi connectivity index (χ0v) is 14.6. The van der Waals surface area contributed by atoms with E-state index in [2.05, 4.69) is 10.3 Å². The maximum atomic E-state index is 12.0. The molecule has 0 spiro atoms. The van der Waals surface area contributed by atoms with Crippen LogP contribution in [0.25, 0.3) is 10.9 Å². The molecule has 1 heterocycles. The Morgan fingerprint density at radius 1 is 1.12 bits per heavy atom. The van der Waals surface area contributed by atoms with Gasteiger partial charge in [0.15, 0.2) is 6.61 Å². The van der Waals surface area contributed by atoms with Crippen molar-refractivity contribution in [2.75, 3.05) is 13.2 Å². The topological polar surface area (TPSA) is 51.2 Å². The Balaban J connectivity index is 1.51. The fourth-order valence-electron chi connectivity index (χ4n) is 2.76. The summed E-state index contributed by atoms with van der Waals surface area (Å²) in [4.78, 5) is 16.5. The van der Waals surface area contributed by atoms with E-state index in [1.165, 1.54) is 0 Å². The van der Waals surface area contributed by atoms with E-state index in [1.54, 1.807) is 6.20 Å². The highest BCUT2D eigenvalue weighted by Gasteiger charge is 2.06. The lowest BCUT2D eigenvalue weighted by molar-refractivity contribution is -0.123. The van der Waals surface area contributed by atoms with Crippen LogP contribution in [0.3, 0.4) is 0 Å². The van der Waals surface area contributed by atoms with Crippen LogP contribution in [0.5, 0.6) is 5.75 Å². The van der Waals surface area contributed by atoms with Crippen LogP contribution in [0.15, 0.2) is 54.7 Å². The number of nitrogens with one attached hydrogen (secondary N) is 1. The molecule has 4 nitrogen and oxygen atoms in total. The second kappa shape index (κ2) is 7.79. The fourth-order valence-corrected chi connectivity index (χ4v) is 2.76. The molecule has 3 aromatic rings. The van der Waals surface area contributed by atoms with Crippen molar-refractivity contribution >= 4 is 16.8 Å². The number of amides is 1. The van der Waals surface area contributed by atoms with E-state index >= 15 is 0 Å². The zero-order chi connectivity index (χ0) is 17.6. The number of fused-ring (bicyclic) bond motifs is 1. The van der Waals surface area contributed by atoms with Gasteiger partial charge in [0.2, 0.25) is 0 Å². The van der Waals surface area contributed by atoms with Gasteiger partial charge < -0.3 is 10.1 Å². The smallest absolute Gasteiger partial charge is 0.257 e. The molecule has 0 saturated carbocycles. The summed E-state index contributed by atoms with van der Waals surface area (Å²) >= 11 is 0. The van der Waals surface area contributed by atoms with Crippen LogP contribution in [0.2, 0.25) is 0 Å². The summed E-state index contributed by atoms with van der Waals surface area (Å²) in [6, 6.07) is 16.1. The summed E-state index contributed by atoms with van der Waals surface area (Å²) < 4.78 is 5.63. The minimum Gasteiger partial charge on any atom is -0.483 e. The number of para-hydroxylation sites is 1. The first kappa shape index (κ1) is 17.0. The van der Waals surface area contributed by atoms with Crippen molar-refractivity contribution in [1.82, 2.24) is 10.3 Å². The first-order valence-electron chi connectivity index (χ1n) is 8.43. The third kappa shape index (κ3) is 4.35. The SMILES string of the molecule is Cc1ccc(C)c(OCC(=O)NCCc2cccc3cccnc23)c1. The van der Waals surface area contributed by atoms with Gasteiger partial charge in [0.05, 0.1) is 5.52 Å². The number of benzene rings is 2. The Morgan fingerprint density at radius 3 is 2.84 bits per heavy atom. The molecule has 25 heavy (non-hydrogen) atoms. The van der Waals surface area contributed by atoms with E-state index < -0.39 is 0 Å². The number of aryl methyl sites for hydroxylation is 2. The van der Waals surface area contributed by atoms with E-state index in [4.69, 9.17) is 4.74 Å². The second-order valence-electron chi connectivity index (χ2n) is 6.15. The Bertz CT molecular complexity index is 885. The highest BCUT2D eigenvalue weighted by Crippen LogP contribution is 2.19. The lowest BCUT2D eigenvalue weighted by Gasteiger charge is -2.11. The molecule has 0 unspecified atom stereocenters. The first-order valence-corrected chi connectivity index (χ1v) is 8.43.